The summed E-state index contributed by atoms with van der Waals surface area (Å²) in [6, 6.07) is 4.20. The number of hydrogen-bond acceptors (Lipinski definition) is 9. The van der Waals surface area contributed by atoms with E-state index >= 15 is 0 Å². The van der Waals surface area contributed by atoms with Crippen LogP contribution in [0.25, 0.3) is 11.7 Å². The second kappa shape index (κ2) is 9.32. The van der Waals surface area contributed by atoms with E-state index < -0.39 is 17.6 Å². The molecule has 2 saturated heterocycles. The van der Waals surface area contributed by atoms with Crippen LogP contribution in [0.3, 0.4) is 0 Å². The number of amides is 2. The smallest absolute Gasteiger partial charge is 0.308 e. The molecular weight excluding hydrogens is 466 g/mol. The first-order chi connectivity index (χ1) is 15.8. The van der Waals surface area contributed by atoms with Crippen LogP contribution in [-0.4, -0.2) is 69.2 Å². The van der Waals surface area contributed by atoms with Crippen LogP contribution in [0.15, 0.2) is 34.1 Å². The molecule has 12 heteroatoms. The monoisotopic (exact) mass is 487 g/mol. The highest BCUT2D eigenvalue weighted by Crippen LogP contribution is 2.33. The Hall–Kier alpha value is -3.25. The number of pyridine rings is 1. The third kappa shape index (κ3) is 4.35. The summed E-state index contributed by atoms with van der Waals surface area (Å²) < 4.78 is 6.78. The Labute approximate surface area is 198 Å². The summed E-state index contributed by atoms with van der Waals surface area (Å²) >= 11 is 6.29. The Balaban J connectivity index is 1.88. The van der Waals surface area contributed by atoms with Crippen LogP contribution in [0.5, 0.6) is 0 Å². The first kappa shape index (κ1) is 22.9. The van der Waals surface area contributed by atoms with Crippen LogP contribution >= 0.6 is 24.0 Å². The van der Waals surface area contributed by atoms with Crippen molar-refractivity contribution in [1.29, 1.82) is 0 Å². The predicted octanol–water partition coefficient (Wildman–Crippen LogP) is 0.784. The minimum Gasteiger partial charge on any atom is -0.466 e. The van der Waals surface area contributed by atoms with Crippen molar-refractivity contribution in [1.82, 2.24) is 19.6 Å². The number of nitrogens with zero attached hydrogens (tertiary/aromatic N) is 4. The van der Waals surface area contributed by atoms with Gasteiger partial charge in [-0.15, -0.1) is 0 Å². The Kier molecular flexibility index (Phi) is 6.47. The topological polar surface area (TPSA) is 113 Å². The van der Waals surface area contributed by atoms with E-state index in [-0.39, 0.29) is 41.1 Å². The maximum absolute atomic E-state index is 13.5. The number of piperazine rings is 1. The number of anilines is 1. The predicted molar refractivity (Wildman–Crippen MR) is 128 cm³/mol. The first-order valence-electron chi connectivity index (χ1n) is 10.2. The van der Waals surface area contributed by atoms with E-state index in [9.17, 15) is 19.2 Å². The van der Waals surface area contributed by atoms with Crippen LogP contribution in [0.4, 0.5) is 5.82 Å². The Morgan fingerprint density at radius 2 is 2.15 bits per heavy atom. The minimum absolute atomic E-state index is 0.135. The van der Waals surface area contributed by atoms with Crippen molar-refractivity contribution in [3.05, 3.63) is 45.2 Å². The summed E-state index contributed by atoms with van der Waals surface area (Å²) in [4.78, 5) is 58.8. The molecule has 1 atom stereocenters. The molecule has 2 amide bonds. The van der Waals surface area contributed by atoms with Gasteiger partial charge >= 0.3 is 5.97 Å². The number of thioether (sulfide) groups is 1. The highest BCUT2D eigenvalue weighted by atomic mass is 32.2. The zero-order valence-corrected chi connectivity index (χ0v) is 19.6. The third-order valence-corrected chi connectivity index (χ3v) is 6.76. The SMILES string of the molecule is CCOC(=O)C[C@@H]1C(=O)NCCN1c1nc2ccccn2c(=O)c1/C=C1\SC(=S)N(C)C1=O. The molecule has 0 aromatic carbocycles. The second-order valence-corrected chi connectivity index (χ2v) is 9.01. The van der Waals surface area contributed by atoms with Gasteiger partial charge in [-0.05, 0) is 25.1 Å². The van der Waals surface area contributed by atoms with E-state index in [0.717, 1.165) is 11.8 Å². The van der Waals surface area contributed by atoms with Crippen molar-refractivity contribution in [2.45, 2.75) is 19.4 Å². The van der Waals surface area contributed by atoms with Crippen LogP contribution in [0.2, 0.25) is 0 Å². The fourth-order valence-electron chi connectivity index (χ4n) is 3.66. The molecule has 0 spiro atoms. The molecule has 1 N–H and O–H groups in total. The van der Waals surface area contributed by atoms with Gasteiger partial charge in [0.1, 0.15) is 21.8 Å². The average Bonchev–Trinajstić information content (AvgIpc) is 3.03. The van der Waals surface area contributed by atoms with Crippen molar-refractivity contribution in [2.75, 3.05) is 31.6 Å². The van der Waals surface area contributed by atoms with E-state index in [2.05, 4.69) is 10.3 Å². The van der Waals surface area contributed by atoms with E-state index in [1.54, 1.807) is 43.3 Å². The number of ether oxygens (including phenoxy) is 1. The standard InChI is InChI=1S/C21H21N5O5S2/c1-3-31-16(27)11-13-18(28)22-7-9-25(13)17-12(10-14-20(30)24(2)21(32)33-14)19(29)26-8-5-4-6-15(26)23-17/h4-6,8,10,13H,3,7,9,11H2,1-2H3,(H,22,28)/b14-10-/t13-/m1/s1. The highest BCUT2D eigenvalue weighted by Gasteiger charge is 2.36. The van der Waals surface area contributed by atoms with Crippen molar-refractivity contribution < 1.29 is 19.1 Å². The molecular formula is C21H21N5O5S2. The quantitative estimate of drug-likeness (QED) is 0.371. The van der Waals surface area contributed by atoms with Gasteiger partial charge in [0.15, 0.2) is 0 Å². The fourth-order valence-corrected chi connectivity index (χ4v) is 4.82. The summed E-state index contributed by atoms with van der Waals surface area (Å²) in [7, 11) is 1.56. The van der Waals surface area contributed by atoms with Gasteiger partial charge < -0.3 is 15.0 Å². The van der Waals surface area contributed by atoms with Crippen molar-refractivity contribution >= 4 is 63.6 Å². The number of carbonyl (C=O) groups is 3. The van der Waals surface area contributed by atoms with Gasteiger partial charge in [0, 0.05) is 26.3 Å². The maximum Gasteiger partial charge on any atom is 0.308 e. The van der Waals surface area contributed by atoms with Crippen molar-refractivity contribution in [3.8, 4) is 0 Å². The van der Waals surface area contributed by atoms with Crippen LogP contribution in [0.1, 0.15) is 18.9 Å². The number of aromatic nitrogens is 2. The molecule has 2 aromatic rings. The number of hydrogen-bond donors (Lipinski definition) is 1. The fraction of sp³-hybridized carbons (Fsp3) is 0.333. The molecule has 4 rings (SSSR count). The molecule has 2 aromatic heterocycles. The number of rotatable bonds is 5. The largest absolute Gasteiger partial charge is 0.466 e. The number of nitrogens with one attached hydrogen (secondary N) is 1. The second-order valence-electron chi connectivity index (χ2n) is 7.33. The molecule has 2 aliphatic rings. The van der Waals surface area contributed by atoms with Gasteiger partial charge in [-0.2, -0.15) is 0 Å². The lowest BCUT2D eigenvalue weighted by molar-refractivity contribution is -0.145. The van der Waals surface area contributed by atoms with Gasteiger partial charge in [0.05, 0.1) is 23.5 Å². The summed E-state index contributed by atoms with van der Waals surface area (Å²) in [5, 5.41) is 2.75. The molecule has 0 saturated carbocycles. The molecule has 0 unspecified atom stereocenters. The van der Waals surface area contributed by atoms with E-state index in [1.165, 1.54) is 15.4 Å². The summed E-state index contributed by atoms with van der Waals surface area (Å²) in [6.45, 7) is 2.50. The number of esters is 1. The normalized spacial score (nSPS) is 20.0. The van der Waals surface area contributed by atoms with Crippen LogP contribution in [-0.2, 0) is 19.1 Å². The Bertz CT molecular complexity index is 1260. The number of fused-ring (bicyclic) bond motifs is 1. The molecule has 0 aliphatic carbocycles. The molecule has 33 heavy (non-hydrogen) atoms. The molecule has 2 fully saturated rings. The molecule has 4 heterocycles. The zero-order valence-electron chi connectivity index (χ0n) is 17.9. The van der Waals surface area contributed by atoms with Gasteiger partial charge in [-0.3, -0.25) is 28.5 Å². The molecule has 172 valence electrons. The molecule has 2 aliphatic heterocycles. The van der Waals surface area contributed by atoms with E-state index in [1.807, 2.05) is 0 Å². The number of likely N-dealkylation sites (N-methyl/N-ethyl adjacent to an activating group) is 1. The van der Waals surface area contributed by atoms with Crippen LogP contribution < -0.4 is 15.8 Å². The lowest BCUT2D eigenvalue weighted by Crippen LogP contribution is -2.57. The molecule has 10 nitrogen and oxygen atoms in total. The lowest BCUT2D eigenvalue weighted by atomic mass is 10.1. The van der Waals surface area contributed by atoms with Crippen molar-refractivity contribution in [2.24, 2.45) is 0 Å². The maximum atomic E-state index is 13.5. The lowest BCUT2D eigenvalue weighted by Gasteiger charge is -2.36. The third-order valence-electron chi connectivity index (χ3n) is 5.28. The zero-order chi connectivity index (χ0) is 23.7. The van der Waals surface area contributed by atoms with Gasteiger partial charge in [-0.25, -0.2) is 4.98 Å². The van der Waals surface area contributed by atoms with Gasteiger partial charge in [0.25, 0.3) is 11.5 Å². The average molecular weight is 488 g/mol. The Morgan fingerprint density at radius 3 is 2.85 bits per heavy atom. The Morgan fingerprint density at radius 1 is 1.36 bits per heavy atom. The minimum atomic E-state index is -0.913. The summed E-state index contributed by atoms with van der Waals surface area (Å²) in [5.41, 5.74) is 0.104. The number of carbonyl (C=O) groups excluding carboxylic acids is 3. The molecule has 0 bridgehead atoms. The highest BCUT2D eigenvalue weighted by molar-refractivity contribution is 8.26. The van der Waals surface area contributed by atoms with Crippen LogP contribution in [0, 0.1) is 0 Å². The van der Waals surface area contributed by atoms with Crippen molar-refractivity contribution in [3.63, 3.8) is 0 Å². The molecule has 0 radical (unpaired) electrons. The van der Waals surface area contributed by atoms with E-state index in [4.69, 9.17) is 17.0 Å². The summed E-state index contributed by atoms with van der Waals surface area (Å²) in [6.07, 6.45) is 2.84. The first-order valence-corrected chi connectivity index (χ1v) is 11.5. The number of thiocarbonyl (C=S) groups is 1. The van der Waals surface area contributed by atoms with Gasteiger partial charge in [-0.1, -0.05) is 30.0 Å². The van der Waals surface area contributed by atoms with Gasteiger partial charge in [0.2, 0.25) is 5.91 Å². The van der Waals surface area contributed by atoms with E-state index in [0.29, 0.717) is 23.1 Å². The summed E-state index contributed by atoms with van der Waals surface area (Å²) in [5.74, 6) is -1.00.